The van der Waals surface area contributed by atoms with Crippen molar-refractivity contribution in [3.8, 4) is 0 Å². The molecule has 17 heavy (non-hydrogen) atoms. The first kappa shape index (κ1) is 11.6. The van der Waals surface area contributed by atoms with Crippen LogP contribution in [0.2, 0.25) is 5.15 Å². The van der Waals surface area contributed by atoms with E-state index in [-0.39, 0.29) is 16.6 Å². The number of rotatable bonds is 2. The topological polar surface area (TPSA) is 63.8 Å². The van der Waals surface area contributed by atoms with Crippen LogP contribution in [0.4, 0.5) is 0 Å². The Morgan fingerprint density at radius 1 is 1.47 bits per heavy atom. The summed E-state index contributed by atoms with van der Waals surface area (Å²) in [5.41, 5.74) is 1.38. The van der Waals surface area contributed by atoms with Crippen molar-refractivity contribution in [1.29, 1.82) is 0 Å². The molecule has 3 heterocycles. The maximum absolute atomic E-state index is 9.13. The van der Waals surface area contributed by atoms with E-state index in [4.69, 9.17) is 16.7 Å². The first-order valence-electron chi connectivity index (χ1n) is 5.00. The van der Waals surface area contributed by atoms with Crippen LogP contribution in [0.15, 0.2) is 12.7 Å². The van der Waals surface area contributed by atoms with Gasteiger partial charge in [0, 0.05) is 5.75 Å². The Morgan fingerprint density at radius 2 is 2.35 bits per heavy atom. The molecule has 5 nitrogen and oxygen atoms in total. The largest absolute Gasteiger partial charge is 0.394 e. The summed E-state index contributed by atoms with van der Waals surface area (Å²) in [4.78, 5) is 12.4. The fraction of sp³-hybridized carbons (Fsp3) is 0.444. The van der Waals surface area contributed by atoms with Crippen LogP contribution in [0.25, 0.3) is 11.2 Å². The predicted octanol–water partition coefficient (Wildman–Crippen LogP) is 1.78. The van der Waals surface area contributed by atoms with E-state index in [2.05, 4.69) is 15.0 Å². The van der Waals surface area contributed by atoms with Crippen LogP contribution in [-0.2, 0) is 0 Å². The Kier molecular flexibility index (Phi) is 3.16. The molecule has 1 N–H and O–H groups in total. The number of hydrogen-bond acceptors (Lipinski definition) is 6. The van der Waals surface area contributed by atoms with Gasteiger partial charge in [-0.25, -0.2) is 15.0 Å². The average molecular weight is 289 g/mol. The quantitative estimate of drug-likeness (QED) is 0.850. The monoisotopic (exact) mass is 288 g/mol. The van der Waals surface area contributed by atoms with Gasteiger partial charge in [0.05, 0.1) is 22.9 Å². The van der Waals surface area contributed by atoms with Crippen molar-refractivity contribution in [3.05, 3.63) is 17.8 Å². The molecule has 0 radical (unpaired) electrons. The molecule has 0 spiro atoms. The van der Waals surface area contributed by atoms with Crippen molar-refractivity contribution >= 4 is 46.3 Å². The van der Waals surface area contributed by atoms with E-state index in [1.165, 1.54) is 6.33 Å². The van der Waals surface area contributed by atoms with Gasteiger partial charge in [-0.05, 0) is 0 Å². The Balaban J connectivity index is 1.99. The zero-order valence-electron chi connectivity index (χ0n) is 8.65. The number of imidazole rings is 1. The van der Waals surface area contributed by atoms with E-state index in [1.807, 2.05) is 4.57 Å². The molecule has 0 bridgehead atoms. The maximum atomic E-state index is 9.13. The third kappa shape index (κ3) is 2.01. The minimum atomic E-state index is 0.189. The highest BCUT2D eigenvalue weighted by molar-refractivity contribution is 8.20. The van der Waals surface area contributed by atoms with Crippen molar-refractivity contribution in [2.75, 3.05) is 12.4 Å². The van der Waals surface area contributed by atoms with Gasteiger partial charge in [-0.1, -0.05) is 11.6 Å². The highest BCUT2D eigenvalue weighted by atomic mass is 35.5. The van der Waals surface area contributed by atoms with Crippen LogP contribution >= 0.6 is 35.1 Å². The zero-order valence-corrected chi connectivity index (χ0v) is 11.0. The highest BCUT2D eigenvalue weighted by Gasteiger charge is 2.28. The van der Waals surface area contributed by atoms with Crippen LogP contribution in [0.3, 0.4) is 0 Å². The Bertz CT molecular complexity index is 549. The molecule has 8 heteroatoms. The summed E-state index contributed by atoms with van der Waals surface area (Å²) < 4.78 is 2.23. The number of hydrogen-bond donors (Lipinski definition) is 1. The van der Waals surface area contributed by atoms with E-state index in [9.17, 15) is 0 Å². The van der Waals surface area contributed by atoms with E-state index in [1.54, 1.807) is 29.9 Å². The van der Waals surface area contributed by atoms with Gasteiger partial charge in [-0.2, -0.15) is 0 Å². The normalized spacial score (nSPS) is 24.6. The number of aromatic nitrogens is 4. The molecule has 2 atom stereocenters. The molecule has 90 valence electrons. The molecule has 1 aliphatic rings. The molecule has 2 aromatic rings. The minimum Gasteiger partial charge on any atom is -0.394 e. The first-order chi connectivity index (χ1) is 8.29. The summed E-state index contributed by atoms with van der Waals surface area (Å²) in [5, 5.41) is 9.75. The zero-order chi connectivity index (χ0) is 11.8. The molecule has 0 unspecified atom stereocenters. The van der Waals surface area contributed by atoms with Crippen LogP contribution < -0.4 is 0 Å². The van der Waals surface area contributed by atoms with Gasteiger partial charge >= 0.3 is 0 Å². The van der Waals surface area contributed by atoms with Crippen LogP contribution in [0.1, 0.15) is 5.37 Å². The van der Waals surface area contributed by atoms with Gasteiger partial charge in [0.15, 0.2) is 10.8 Å². The van der Waals surface area contributed by atoms with Gasteiger partial charge in [0.25, 0.3) is 0 Å². The average Bonchev–Trinajstić information content (AvgIpc) is 2.94. The SMILES string of the molecule is OC[C@@H]1SC[C@H](n2cnc3c(Cl)ncnc32)S1. The summed E-state index contributed by atoms with van der Waals surface area (Å²) in [6.07, 6.45) is 3.18. The van der Waals surface area contributed by atoms with E-state index in [0.717, 1.165) is 11.4 Å². The lowest BCUT2D eigenvalue weighted by atomic mass is 10.5. The van der Waals surface area contributed by atoms with Gasteiger partial charge in [-0.15, -0.1) is 23.5 Å². The molecule has 1 saturated heterocycles. The number of aliphatic hydroxyl groups is 1. The van der Waals surface area contributed by atoms with Crippen molar-refractivity contribution < 1.29 is 5.11 Å². The second-order valence-corrected chi connectivity index (χ2v) is 6.80. The van der Waals surface area contributed by atoms with Crippen LogP contribution in [-0.4, -0.2) is 41.6 Å². The molecule has 3 rings (SSSR count). The molecule has 1 fully saturated rings. The van der Waals surface area contributed by atoms with E-state index >= 15 is 0 Å². The Hall–Kier alpha value is -0.500. The van der Waals surface area contributed by atoms with Gasteiger partial charge in [0.2, 0.25) is 0 Å². The van der Waals surface area contributed by atoms with E-state index in [0.29, 0.717) is 10.7 Å². The van der Waals surface area contributed by atoms with Crippen molar-refractivity contribution in [3.63, 3.8) is 0 Å². The van der Waals surface area contributed by atoms with E-state index < -0.39 is 0 Å². The van der Waals surface area contributed by atoms with Gasteiger partial charge in [-0.3, -0.25) is 0 Å². The first-order valence-corrected chi connectivity index (χ1v) is 7.37. The van der Waals surface area contributed by atoms with Crippen molar-refractivity contribution in [1.82, 2.24) is 19.5 Å². The number of aliphatic hydroxyl groups excluding tert-OH is 1. The molecule has 2 aromatic heterocycles. The highest BCUT2D eigenvalue weighted by Crippen LogP contribution is 2.44. The molecule has 0 saturated carbocycles. The summed E-state index contributed by atoms with van der Waals surface area (Å²) >= 11 is 9.42. The summed E-state index contributed by atoms with van der Waals surface area (Å²) in [6, 6.07) is 0. The Labute approximate surface area is 111 Å². The minimum absolute atomic E-state index is 0.189. The lowest BCUT2D eigenvalue weighted by Crippen LogP contribution is -2.05. The third-order valence-corrected chi connectivity index (χ3v) is 5.93. The maximum Gasteiger partial charge on any atom is 0.165 e. The lowest BCUT2D eigenvalue weighted by molar-refractivity contribution is 0.316. The van der Waals surface area contributed by atoms with Crippen LogP contribution in [0, 0.1) is 0 Å². The summed E-state index contributed by atoms with van der Waals surface area (Å²) in [5.74, 6) is 0.934. The summed E-state index contributed by atoms with van der Waals surface area (Å²) in [6.45, 7) is 0.189. The van der Waals surface area contributed by atoms with Crippen molar-refractivity contribution in [2.45, 2.75) is 9.96 Å². The Morgan fingerprint density at radius 3 is 3.12 bits per heavy atom. The molecule has 1 aliphatic heterocycles. The molecule has 0 aromatic carbocycles. The number of fused-ring (bicyclic) bond motifs is 1. The summed E-state index contributed by atoms with van der Waals surface area (Å²) in [7, 11) is 0. The number of halogens is 1. The van der Waals surface area contributed by atoms with Gasteiger partial charge in [0.1, 0.15) is 11.8 Å². The second-order valence-electron chi connectivity index (χ2n) is 3.52. The fourth-order valence-electron chi connectivity index (χ4n) is 1.72. The third-order valence-electron chi connectivity index (χ3n) is 2.51. The standard InChI is InChI=1S/C9H9ClN4OS2/c10-8-7-9(12-3-11-8)14(4-13-7)5-2-16-6(1-15)17-5/h3-6,15H,1-2H2/t5-,6-/m1/s1. The second kappa shape index (κ2) is 4.64. The fourth-order valence-corrected chi connectivity index (χ4v) is 4.75. The molecule has 0 amide bonds. The van der Waals surface area contributed by atoms with Crippen LogP contribution in [0.5, 0.6) is 0 Å². The predicted molar refractivity (Wildman–Crippen MR) is 70.3 cm³/mol. The lowest BCUT2D eigenvalue weighted by Gasteiger charge is -2.10. The molecular weight excluding hydrogens is 280 g/mol. The van der Waals surface area contributed by atoms with Gasteiger partial charge < -0.3 is 9.67 Å². The molecular formula is C9H9ClN4OS2. The smallest absolute Gasteiger partial charge is 0.165 e. The number of thioether (sulfide) groups is 2. The molecule has 0 aliphatic carbocycles. The van der Waals surface area contributed by atoms with Crippen molar-refractivity contribution in [2.24, 2.45) is 0 Å². The number of nitrogens with zero attached hydrogens (tertiary/aromatic N) is 4.